The third kappa shape index (κ3) is 6.24. The zero-order valence-corrected chi connectivity index (χ0v) is 18.9. The molecule has 7 N–H and O–H groups in total. The molecule has 3 heterocycles. The van der Waals surface area contributed by atoms with Crippen molar-refractivity contribution >= 4 is 11.8 Å². The predicted molar refractivity (Wildman–Crippen MR) is 122 cm³/mol. The molecule has 0 bridgehead atoms. The fourth-order valence-corrected chi connectivity index (χ4v) is 4.08. The Morgan fingerprint density at radius 2 is 2.13 bits per heavy atom. The van der Waals surface area contributed by atoms with Gasteiger partial charge in [0.2, 0.25) is 0 Å². The standard InChI is InChI=1S/C21H40N8O/c1-4-16(22)18-19(25-10-13-30-5-2)20(26-17-14-15(3)6-7-24-17)28-21(27-18)29-11-8-23-9-12-29/h14,16-19,23-25H,4-13,22H2,1-3H3,(H,26,27,28)/p+1/t16-,17?,18?,19?/m1/s1. The molecule has 3 aliphatic heterocycles. The molecule has 1 fully saturated rings. The highest BCUT2D eigenvalue weighted by atomic mass is 16.5. The number of piperazine rings is 1. The number of hydrogen-bond donors (Lipinski definition) is 5. The van der Waals surface area contributed by atoms with Gasteiger partial charge in [0, 0.05) is 45.9 Å². The first-order valence-electron chi connectivity index (χ1n) is 11.6. The van der Waals surface area contributed by atoms with Gasteiger partial charge in [-0.25, -0.2) is 9.98 Å². The molecule has 170 valence electrons. The van der Waals surface area contributed by atoms with Crippen molar-refractivity contribution < 1.29 is 10.5 Å². The van der Waals surface area contributed by atoms with E-state index in [1.165, 1.54) is 5.57 Å². The van der Waals surface area contributed by atoms with E-state index in [9.17, 15) is 0 Å². The first kappa shape index (κ1) is 23.1. The minimum absolute atomic E-state index is 0.00277. The Balaban J connectivity index is 1.87. The van der Waals surface area contributed by atoms with E-state index in [1.807, 2.05) is 6.92 Å². The third-order valence-corrected chi connectivity index (χ3v) is 5.98. The number of amidine groups is 1. The number of rotatable bonds is 8. The van der Waals surface area contributed by atoms with Gasteiger partial charge in [0.05, 0.1) is 12.6 Å². The maximum Gasteiger partial charge on any atom is 0.200 e. The molecule has 0 spiro atoms. The van der Waals surface area contributed by atoms with Crippen molar-refractivity contribution in [2.24, 2.45) is 9.98 Å². The van der Waals surface area contributed by atoms with E-state index in [4.69, 9.17) is 14.7 Å². The van der Waals surface area contributed by atoms with Gasteiger partial charge in [0.15, 0.2) is 5.96 Å². The monoisotopic (exact) mass is 421 g/mol. The number of nitrogens with zero attached hydrogens (tertiary/aromatic N) is 3. The maximum atomic E-state index is 5.55. The largest absolute Gasteiger partial charge is 0.380 e. The van der Waals surface area contributed by atoms with Gasteiger partial charge in [-0.2, -0.15) is 0 Å². The van der Waals surface area contributed by atoms with Gasteiger partial charge in [-0.15, -0.1) is 0 Å². The van der Waals surface area contributed by atoms with Crippen molar-refractivity contribution in [3.63, 3.8) is 0 Å². The van der Waals surface area contributed by atoms with E-state index in [0.29, 0.717) is 6.61 Å². The molecule has 3 aliphatic rings. The fraction of sp³-hybridized carbons (Fsp3) is 0.810. The van der Waals surface area contributed by atoms with Gasteiger partial charge in [0.1, 0.15) is 24.1 Å². The molecule has 4 atom stereocenters. The maximum absolute atomic E-state index is 5.55. The Kier molecular flexibility index (Phi) is 9.07. The predicted octanol–water partition coefficient (Wildman–Crippen LogP) is -1.10. The van der Waals surface area contributed by atoms with E-state index in [0.717, 1.165) is 70.5 Å². The van der Waals surface area contributed by atoms with Crippen LogP contribution in [0.1, 0.15) is 33.6 Å². The molecule has 3 rings (SSSR count). The van der Waals surface area contributed by atoms with Crippen molar-refractivity contribution in [1.82, 2.24) is 26.2 Å². The highest BCUT2D eigenvalue weighted by Crippen LogP contribution is 2.15. The summed E-state index contributed by atoms with van der Waals surface area (Å²) in [4.78, 5) is 12.6. The normalized spacial score (nSPS) is 29.9. The molecule has 3 unspecified atom stereocenters. The SMILES string of the molecule is CCOCCNC1/C(=N/C2C=C(C)CCN2)NC(N2CCNCC2)=NC1[C@H]([NH3+])CC. The van der Waals surface area contributed by atoms with Crippen LogP contribution < -0.4 is 27.0 Å². The average molecular weight is 422 g/mol. The molecule has 0 saturated carbocycles. The summed E-state index contributed by atoms with van der Waals surface area (Å²) in [7, 11) is 0. The van der Waals surface area contributed by atoms with Gasteiger partial charge < -0.3 is 31.3 Å². The van der Waals surface area contributed by atoms with E-state index in [1.54, 1.807) is 0 Å². The number of aliphatic imine (C=N–C) groups is 2. The Labute approximate surface area is 181 Å². The lowest BCUT2D eigenvalue weighted by Gasteiger charge is -2.39. The number of hydrogen-bond acceptors (Lipinski definition) is 7. The minimum atomic E-state index is -0.00893. The van der Waals surface area contributed by atoms with Crippen LogP contribution in [0.4, 0.5) is 0 Å². The number of nitrogens with one attached hydrogen (secondary N) is 4. The Morgan fingerprint density at radius 1 is 1.33 bits per heavy atom. The van der Waals surface area contributed by atoms with Crippen LogP contribution in [-0.2, 0) is 4.74 Å². The molecular formula is C21H41N8O+. The van der Waals surface area contributed by atoms with Crippen LogP contribution in [0, 0.1) is 0 Å². The van der Waals surface area contributed by atoms with Gasteiger partial charge >= 0.3 is 0 Å². The van der Waals surface area contributed by atoms with Crippen LogP contribution in [0.2, 0.25) is 0 Å². The van der Waals surface area contributed by atoms with Crippen LogP contribution in [0.3, 0.4) is 0 Å². The van der Waals surface area contributed by atoms with Crippen LogP contribution >= 0.6 is 0 Å². The lowest BCUT2D eigenvalue weighted by molar-refractivity contribution is -0.425. The second-order valence-electron chi connectivity index (χ2n) is 8.28. The molecule has 0 aromatic carbocycles. The number of guanidine groups is 1. The van der Waals surface area contributed by atoms with Gasteiger partial charge in [-0.05, 0) is 32.8 Å². The van der Waals surface area contributed by atoms with E-state index >= 15 is 0 Å². The molecular weight excluding hydrogens is 380 g/mol. The molecule has 0 radical (unpaired) electrons. The molecule has 1 saturated heterocycles. The van der Waals surface area contributed by atoms with E-state index < -0.39 is 0 Å². The minimum Gasteiger partial charge on any atom is -0.380 e. The molecule has 9 heteroatoms. The molecule has 9 nitrogen and oxygen atoms in total. The molecule has 0 aromatic rings. The summed E-state index contributed by atoms with van der Waals surface area (Å²) in [5.41, 5.74) is 5.81. The summed E-state index contributed by atoms with van der Waals surface area (Å²) in [6.07, 6.45) is 4.27. The first-order chi connectivity index (χ1) is 14.6. The highest BCUT2D eigenvalue weighted by molar-refractivity contribution is 6.05. The number of quaternary nitrogens is 1. The van der Waals surface area contributed by atoms with Crippen molar-refractivity contribution in [2.45, 2.75) is 57.9 Å². The summed E-state index contributed by atoms with van der Waals surface area (Å²) in [5, 5.41) is 14.2. The van der Waals surface area contributed by atoms with Crippen LogP contribution in [0.15, 0.2) is 21.6 Å². The second-order valence-corrected chi connectivity index (χ2v) is 8.28. The smallest absolute Gasteiger partial charge is 0.200 e. The Hall–Kier alpha value is -1.52. The number of ether oxygens (including phenoxy) is 1. The van der Waals surface area contributed by atoms with Crippen LogP contribution in [0.5, 0.6) is 0 Å². The van der Waals surface area contributed by atoms with Gasteiger partial charge in [-0.3, -0.25) is 5.32 Å². The van der Waals surface area contributed by atoms with E-state index in [-0.39, 0.29) is 24.3 Å². The molecule has 0 amide bonds. The lowest BCUT2D eigenvalue weighted by Crippen LogP contribution is -2.73. The fourth-order valence-electron chi connectivity index (χ4n) is 4.08. The van der Waals surface area contributed by atoms with Crippen LogP contribution in [0.25, 0.3) is 0 Å². The zero-order chi connectivity index (χ0) is 21.3. The van der Waals surface area contributed by atoms with Crippen molar-refractivity contribution in [3.8, 4) is 0 Å². The topological polar surface area (TPSA) is 113 Å². The summed E-state index contributed by atoms with van der Waals surface area (Å²) in [6.45, 7) is 13.4. The van der Waals surface area contributed by atoms with E-state index in [2.05, 4.69) is 51.8 Å². The lowest BCUT2D eigenvalue weighted by atomic mass is 9.96. The molecule has 0 aromatic heterocycles. The molecule has 30 heavy (non-hydrogen) atoms. The highest BCUT2D eigenvalue weighted by Gasteiger charge is 2.38. The summed E-state index contributed by atoms with van der Waals surface area (Å²) in [6, 6.07) is 0.239. The van der Waals surface area contributed by atoms with Gasteiger partial charge in [0.25, 0.3) is 0 Å². The van der Waals surface area contributed by atoms with Crippen molar-refractivity contribution in [1.29, 1.82) is 0 Å². The first-order valence-corrected chi connectivity index (χ1v) is 11.6. The summed E-state index contributed by atoms with van der Waals surface area (Å²) >= 11 is 0. The Morgan fingerprint density at radius 3 is 2.83 bits per heavy atom. The quantitative estimate of drug-likeness (QED) is 0.251. The Bertz CT molecular complexity index is 628. The third-order valence-electron chi connectivity index (χ3n) is 5.98. The van der Waals surface area contributed by atoms with Crippen molar-refractivity contribution in [2.75, 3.05) is 52.5 Å². The second kappa shape index (κ2) is 11.8. The summed E-state index contributed by atoms with van der Waals surface area (Å²) in [5.74, 6) is 1.88. The summed E-state index contributed by atoms with van der Waals surface area (Å²) < 4.78 is 5.55. The average Bonchev–Trinajstić information content (AvgIpc) is 2.77. The zero-order valence-electron chi connectivity index (χ0n) is 18.9. The van der Waals surface area contributed by atoms with Gasteiger partial charge in [-0.1, -0.05) is 12.5 Å². The van der Waals surface area contributed by atoms with Crippen LogP contribution in [-0.4, -0.2) is 93.5 Å². The molecule has 0 aliphatic carbocycles. The van der Waals surface area contributed by atoms with Crippen molar-refractivity contribution in [3.05, 3.63) is 11.6 Å².